The van der Waals surface area contributed by atoms with Gasteiger partial charge >= 0.3 is 0 Å². The van der Waals surface area contributed by atoms with Crippen LogP contribution in [0.1, 0.15) is 27.9 Å². The molecule has 0 radical (unpaired) electrons. The van der Waals surface area contributed by atoms with Gasteiger partial charge in [-0.1, -0.05) is 48.0 Å². The Hall–Kier alpha value is -3.14. The van der Waals surface area contributed by atoms with Gasteiger partial charge in [0.1, 0.15) is 0 Å². The van der Waals surface area contributed by atoms with Crippen molar-refractivity contribution in [2.75, 3.05) is 0 Å². The minimum absolute atomic E-state index is 0.109. The molecule has 1 aromatic heterocycles. The monoisotopic (exact) mass is 315 g/mol. The molecule has 2 N–H and O–H groups in total. The zero-order chi connectivity index (χ0) is 16.5. The zero-order valence-corrected chi connectivity index (χ0v) is 13.3. The minimum Gasteiger partial charge on any atom is -0.301 e. The second-order valence-electron chi connectivity index (χ2n) is 6.01. The highest BCUT2D eigenvalue weighted by Crippen LogP contribution is 2.32. The highest BCUT2D eigenvalue weighted by Gasteiger charge is 2.14. The fourth-order valence-electron chi connectivity index (χ4n) is 2.92. The molecule has 0 saturated heterocycles. The Morgan fingerprint density at radius 3 is 2.67 bits per heavy atom. The summed E-state index contributed by atoms with van der Waals surface area (Å²) >= 11 is 0. The van der Waals surface area contributed by atoms with Crippen LogP contribution in [0.4, 0.5) is 5.69 Å². The van der Waals surface area contributed by atoms with E-state index in [0.29, 0.717) is 12.0 Å². The third-order valence-corrected chi connectivity index (χ3v) is 4.26. The predicted octanol–water partition coefficient (Wildman–Crippen LogP) is 3.86. The lowest BCUT2D eigenvalue weighted by molar-refractivity contribution is 0.982. The van der Waals surface area contributed by atoms with Crippen LogP contribution in [0.25, 0.3) is 11.6 Å². The van der Waals surface area contributed by atoms with E-state index in [-0.39, 0.29) is 5.56 Å². The summed E-state index contributed by atoms with van der Waals surface area (Å²) in [4.78, 5) is 16.6. The normalized spacial score (nSPS) is 14.3. The number of aliphatic imine (C=N–C) groups is 1. The molecular formula is C20H17N3O. The van der Waals surface area contributed by atoms with E-state index >= 15 is 0 Å². The summed E-state index contributed by atoms with van der Waals surface area (Å²) < 4.78 is 0. The van der Waals surface area contributed by atoms with Crippen LogP contribution in [0.2, 0.25) is 0 Å². The van der Waals surface area contributed by atoms with E-state index in [1.165, 1.54) is 5.56 Å². The summed E-state index contributed by atoms with van der Waals surface area (Å²) in [5.74, 6) is 0. The molecule has 2 heterocycles. The Kier molecular flexibility index (Phi) is 3.50. The first-order valence-electron chi connectivity index (χ1n) is 7.91. The number of nitrogens with one attached hydrogen (secondary N) is 2. The number of rotatable bonds is 3. The summed E-state index contributed by atoms with van der Waals surface area (Å²) in [6.07, 6.45) is 4.40. The standard InChI is InChI=1S/C20H17N3O/c1-13-6-8-14(9-7-13)10-19-17(20(24)23-22-19)11-15-12-21-18-5-3-2-4-16(15)18/h2-9,11-12H,10H2,1H3,(H2,22,23,24)/b15-11-. The molecular weight excluding hydrogens is 298 g/mol. The van der Waals surface area contributed by atoms with Gasteiger partial charge in [0.05, 0.1) is 11.3 Å². The Balaban J connectivity index is 1.71. The molecule has 0 fully saturated rings. The molecule has 0 saturated carbocycles. The molecule has 0 bridgehead atoms. The van der Waals surface area contributed by atoms with Crippen molar-refractivity contribution in [1.29, 1.82) is 0 Å². The number of aromatic nitrogens is 2. The van der Waals surface area contributed by atoms with Crippen LogP contribution in [0.15, 0.2) is 58.3 Å². The maximum atomic E-state index is 12.2. The average Bonchev–Trinajstić information content (AvgIpc) is 3.16. The average molecular weight is 315 g/mol. The van der Waals surface area contributed by atoms with Crippen LogP contribution >= 0.6 is 0 Å². The van der Waals surface area contributed by atoms with E-state index in [1.807, 2.05) is 36.6 Å². The van der Waals surface area contributed by atoms with Crippen LogP contribution in [-0.2, 0) is 6.42 Å². The lowest BCUT2D eigenvalue weighted by Gasteiger charge is -2.02. The summed E-state index contributed by atoms with van der Waals surface area (Å²) in [7, 11) is 0. The first kappa shape index (κ1) is 14.5. The summed E-state index contributed by atoms with van der Waals surface area (Å²) in [6.45, 7) is 2.06. The first-order valence-corrected chi connectivity index (χ1v) is 7.91. The molecule has 4 nitrogen and oxygen atoms in total. The van der Waals surface area contributed by atoms with Gasteiger partial charge in [-0.05, 0) is 24.6 Å². The number of aromatic amines is 2. The number of para-hydroxylation sites is 1. The third-order valence-electron chi connectivity index (χ3n) is 4.26. The van der Waals surface area contributed by atoms with Crippen LogP contribution in [0.3, 0.4) is 0 Å². The predicted molar refractivity (Wildman–Crippen MR) is 97.9 cm³/mol. The molecule has 0 amide bonds. The number of allylic oxidation sites excluding steroid dienone is 1. The zero-order valence-electron chi connectivity index (χ0n) is 13.3. The maximum absolute atomic E-state index is 12.2. The fourth-order valence-corrected chi connectivity index (χ4v) is 2.92. The van der Waals surface area contributed by atoms with E-state index in [0.717, 1.165) is 28.1 Å². The topological polar surface area (TPSA) is 61.0 Å². The van der Waals surface area contributed by atoms with Crippen molar-refractivity contribution in [3.05, 3.63) is 86.8 Å². The van der Waals surface area contributed by atoms with E-state index in [2.05, 4.69) is 46.4 Å². The largest absolute Gasteiger partial charge is 0.301 e. The number of fused-ring (bicyclic) bond motifs is 1. The van der Waals surface area contributed by atoms with Crippen molar-refractivity contribution >= 4 is 23.6 Å². The van der Waals surface area contributed by atoms with Crippen molar-refractivity contribution in [3.63, 3.8) is 0 Å². The Morgan fingerprint density at radius 2 is 1.83 bits per heavy atom. The molecule has 0 unspecified atom stereocenters. The molecule has 4 heteroatoms. The second kappa shape index (κ2) is 5.81. The van der Waals surface area contributed by atoms with Crippen molar-refractivity contribution in [2.24, 2.45) is 4.99 Å². The highest BCUT2D eigenvalue weighted by molar-refractivity contribution is 6.21. The Morgan fingerprint density at radius 1 is 1.04 bits per heavy atom. The third kappa shape index (κ3) is 2.63. The number of nitrogens with zero attached hydrogens (tertiary/aromatic N) is 1. The molecule has 0 aliphatic carbocycles. The van der Waals surface area contributed by atoms with Gasteiger partial charge in [-0.15, -0.1) is 0 Å². The molecule has 24 heavy (non-hydrogen) atoms. The van der Waals surface area contributed by atoms with Gasteiger partial charge in [-0.2, -0.15) is 0 Å². The van der Waals surface area contributed by atoms with E-state index in [1.54, 1.807) is 0 Å². The van der Waals surface area contributed by atoms with Crippen LogP contribution in [-0.4, -0.2) is 16.4 Å². The quantitative estimate of drug-likeness (QED) is 0.757. The second-order valence-corrected chi connectivity index (χ2v) is 6.01. The first-order chi connectivity index (χ1) is 11.7. The molecule has 3 aromatic rings. The number of benzene rings is 2. The van der Waals surface area contributed by atoms with Gasteiger partial charge in [0, 0.05) is 29.5 Å². The van der Waals surface area contributed by atoms with Gasteiger partial charge in [0.15, 0.2) is 0 Å². The van der Waals surface area contributed by atoms with Gasteiger partial charge < -0.3 is 5.10 Å². The number of aryl methyl sites for hydroxylation is 1. The van der Waals surface area contributed by atoms with Crippen LogP contribution < -0.4 is 5.56 Å². The molecule has 2 aromatic carbocycles. The molecule has 0 spiro atoms. The van der Waals surface area contributed by atoms with Crippen LogP contribution in [0, 0.1) is 6.92 Å². The maximum Gasteiger partial charge on any atom is 0.271 e. The van der Waals surface area contributed by atoms with E-state index < -0.39 is 0 Å². The summed E-state index contributed by atoms with van der Waals surface area (Å²) in [5.41, 5.74) is 6.78. The fraction of sp³-hybridized carbons (Fsp3) is 0.100. The minimum atomic E-state index is -0.109. The van der Waals surface area contributed by atoms with Gasteiger partial charge in [0.2, 0.25) is 0 Å². The lowest BCUT2D eigenvalue weighted by atomic mass is 10.0. The molecule has 0 atom stereocenters. The summed E-state index contributed by atoms with van der Waals surface area (Å²) in [6, 6.07) is 16.3. The highest BCUT2D eigenvalue weighted by atomic mass is 16.1. The van der Waals surface area contributed by atoms with E-state index in [4.69, 9.17) is 0 Å². The number of hydrogen-bond acceptors (Lipinski definition) is 2. The van der Waals surface area contributed by atoms with Gasteiger partial charge in [-0.25, -0.2) is 0 Å². The van der Waals surface area contributed by atoms with E-state index in [9.17, 15) is 4.79 Å². The van der Waals surface area contributed by atoms with Crippen LogP contribution in [0.5, 0.6) is 0 Å². The van der Waals surface area contributed by atoms with Crippen molar-refractivity contribution in [3.8, 4) is 0 Å². The van der Waals surface area contributed by atoms with Crippen molar-refractivity contribution in [2.45, 2.75) is 13.3 Å². The van der Waals surface area contributed by atoms with Crippen molar-refractivity contribution in [1.82, 2.24) is 10.2 Å². The lowest BCUT2D eigenvalue weighted by Crippen LogP contribution is -2.03. The summed E-state index contributed by atoms with van der Waals surface area (Å²) in [5, 5.41) is 5.71. The molecule has 118 valence electrons. The van der Waals surface area contributed by atoms with Crippen molar-refractivity contribution < 1.29 is 0 Å². The smallest absolute Gasteiger partial charge is 0.271 e. The number of hydrogen-bond donors (Lipinski definition) is 2. The van der Waals surface area contributed by atoms with Gasteiger partial charge in [-0.3, -0.25) is 14.9 Å². The molecule has 4 rings (SSSR count). The molecule has 1 aliphatic rings. The SMILES string of the molecule is Cc1ccc(Cc2[nH][nH]c(=O)c2/C=C2/C=Nc3ccccc32)cc1. The molecule has 1 aliphatic heterocycles. The Labute approximate surface area is 139 Å². The van der Waals surface area contributed by atoms with Gasteiger partial charge in [0.25, 0.3) is 5.56 Å². The number of H-pyrrole nitrogens is 2. The Bertz CT molecular complexity index is 1000.